The minimum atomic E-state index is -0.885. The third-order valence-electron chi connectivity index (χ3n) is 4.08. The lowest BCUT2D eigenvalue weighted by Gasteiger charge is -2.16. The van der Waals surface area contributed by atoms with Crippen LogP contribution in [0.4, 0.5) is 0 Å². The van der Waals surface area contributed by atoms with Gasteiger partial charge in [-0.1, -0.05) is 48.0 Å². The smallest absolute Gasteiger partial charge is 0.307 e. The van der Waals surface area contributed by atoms with Gasteiger partial charge in [-0.25, -0.2) is 0 Å². The van der Waals surface area contributed by atoms with Crippen LogP contribution in [0.1, 0.15) is 37.5 Å². The minimum absolute atomic E-state index is 0.0729. The maximum atomic E-state index is 11.3. The van der Waals surface area contributed by atoms with Gasteiger partial charge in [0.15, 0.2) is 0 Å². The van der Waals surface area contributed by atoms with Crippen LogP contribution in [0.25, 0.3) is 21.9 Å². The zero-order chi connectivity index (χ0) is 21.8. The summed E-state index contributed by atoms with van der Waals surface area (Å²) in [6.45, 7) is 7.14. The monoisotopic (exact) mass is 409 g/mol. The van der Waals surface area contributed by atoms with Crippen molar-refractivity contribution in [3.63, 3.8) is 0 Å². The van der Waals surface area contributed by atoms with Gasteiger partial charge in [0.25, 0.3) is 0 Å². The Morgan fingerprint density at radius 2 is 1.76 bits per heavy atom. The average molecular weight is 410 g/mol. The molecule has 0 radical (unpaired) electrons. The van der Waals surface area contributed by atoms with Gasteiger partial charge >= 0.3 is 5.97 Å². The third kappa shape index (κ3) is 6.05. The topological polar surface area (TPSA) is 81.3 Å². The highest BCUT2D eigenvalue weighted by Crippen LogP contribution is 2.36. The standard InChI is InChI=1S/C20H14ClNO2.C4H10O/c1-12-8-13-4-2-3-5-16(13)20(17(12)10-19(23)24)14-6-7-18(21)15(9-14)11-22;1-4(2,3)5/h2-9H,10H2,1H3,(H,23,24);5H,1-3H3. The van der Waals surface area contributed by atoms with E-state index in [1.54, 1.807) is 32.9 Å². The van der Waals surface area contributed by atoms with E-state index in [0.717, 1.165) is 33.0 Å². The second kappa shape index (κ2) is 9.09. The van der Waals surface area contributed by atoms with Gasteiger partial charge in [0.2, 0.25) is 0 Å². The van der Waals surface area contributed by atoms with Crippen molar-refractivity contribution in [1.82, 2.24) is 0 Å². The van der Waals surface area contributed by atoms with E-state index in [9.17, 15) is 15.2 Å². The van der Waals surface area contributed by atoms with Gasteiger partial charge in [0.1, 0.15) is 6.07 Å². The molecule has 29 heavy (non-hydrogen) atoms. The molecule has 0 aliphatic heterocycles. The number of rotatable bonds is 3. The Bertz CT molecular complexity index is 1090. The molecule has 5 heteroatoms. The van der Waals surface area contributed by atoms with Crippen molar-refractivity contribution < 1.29 is 15.0 Å². The zero-order valence-corrected chi connectivity index (χ0v) is 17.7. The van der Waals surface area contributed by atoms with Crippen LogP contribution in [0.3, 0.4) is 0 Å². The molecule has 0 bridgehead atoms. The molecule has 0 amide bonds. The number of fused-ring (bicyclic) bond motifs is 1. The van der Waals surface area contributed by atoms with Crippen molar-refractivity contribution in [2.75, 3.05) is 0 Å². The summed E-state index contributed by atoms with van der Waals surface area (Å²) in [6, 6.07) is 17.1. The SMILES string of the molecule is CC(C)(C)O.Cc1cc2ccccc2c(-c2ccc(Cl)c(C#N)c2)c1CC(=O)O. The molecule has 0 saturated carbocycles. The summed E-state index contributed by atoms with van der Waals surface area (Å²) in [6.07, 6.45) is -0.0729. The van der Waals surface area contributed by atoms with Crippen molar-refractivity contribution in [2.45, 2.75) is 39.7 Å². The number of benzene rings is 3. The predicted molar refractivity (Wildman–Crippen MR) is 117 cm³/mol. The molecule has 3 aromatic rings. The molecular weight excluding hydrogens is 386 g/mol. The number of carboxylic acid groups (broad SMARTS) is 1. The van der Waals surface area contributed by atoms with Crippen LogP contribution in [0, 0.1) is 18.3 Å². The van der Waals surface area contributed by atoms with Crippen molar-refractivity contribution in [2.24, 2.45) is 0 Å². The molecule has 0 aliphatic carbocycles. The van der Waals surface area contributed by atoms with Crippen LogP contribution >= 0.6 is 11.6 Å². The van der Waals surface area contributed by atoms with Crippen LogP contribution in [-0.2, 0) is 11.2 Å². The number of carboxylic acids is 1. The fraction of sp³-hybridized carbons (Fsp3) is 0.250. The average Bonchev–Trinajstić information content (AvgIpc) is 2.61. The summed E-state index contributed by atoms with van der Waals surface area (Å²) in [7, 11) is 0. The Labute approximate surface area is 176 Å². The highest BCUT2D eigenvalue weighted by atomic mass is 35.5. The Kier molecular flexibility index (Phi) is 7.02. The first-order chi connectivity index (χ1) is 13.5. The molecule has 4 nitrogen and oxygen atoms in total. The van der Waals surface area contributed by atoms with Gasteiger partial charge in [-0.15, -0.1) is 0 Å². The lowest BCUT2D eigenvalue weighted by atomic mass is 9.88. The first-order valence-corrected chi connectivity index (χ1v) is 9.54. The van der Waals surface area contributed by atoms with Gasteiger partial charge in [-0.05, 0) is 72.9 Å². The molecule has 0 fully saturated rings. The maximum Gasteiger partial charge on any atom is 0.307 e. The molecule has 3 aromatic carbocycles. The van der Waals surface area contributed by atoms with E-state index >= 15 is 0 Å². The summed E-state index contributed by atoms with van der Waals surface area (Å²) in [5.74, 6) is -0.885. The molecule has 0 heterocycles. The highest BCUT2D eigenvalue weighted by Gasteiger charge is 2.16. The van der Waals surface area contributed by atoms with Crippen LogP contribution in [0.5, 0.6) is 0 Å². The van der Waals surface area contributed by atoms with Crippen LogP contribution in [0.2, 0.25) is 5.02 Å². The molecular formula is C24H24ClNO3. The second-order valence-electron chi connectivity index (χ2n) is 7.82. The van der Waals surface area contributed by atoms with Crippen LogP contribution in [0.15, 0.2) is 48.5 Å². The summed E-state index contributed by atoms with van der Waals surface area (Å²) in [4.78, 5) is 11.3. The van der Waals surface area contributed by atoms with Gasteiger partial charge in [0, 0.05) is 0 Å². The normalized spacial score (nSPS) is 10.8. The number of aliphatic carboxylic acids is 1. The highest BCUT2D eigenvalue weighted by molar-refractivity contribution is 6.31. The molecule has 2 N–H and O–H groups in total. The first-order valence-electron chi connectivity index (χ1n) is 9.16. The molecule has 0 saturated heterocycles. The van der Waals surface area contributed by atoms with Gasteiger partial charge in [-0.3, -0.25) is 4.79 Å². The zero-order valence-electron chi connectivity index (χ0n) is 17.0. The van der Waals surface area contributed by atoms with E-state index < -0.39 is 11.6 Å². The predicted octanol–water partition coefficient (Wildman–Crippen LogP) is 5.74. The van der Waals surface area contributed by atoms with Gasteiger partial charge < -0.3 is 10.2 Å². The van der Waals surface area contributed by atoms with E-state index in [1.807, 2.05) is 43.3 Å². The van der Waals surface area contributed by atoms with Gasteiger partial charge in [0.05, 0.1) is 22.6 Å². The Balaban J connectivity index is 0.000000537. The van der Waals surface area contributed by atoms with Crippen molar-refractivity contribution >= 4 is 28.3 Å². The fourth-order valence-electron chi connectivity index (χ4n) is 3.01. The van der Waals surface area contributed by atoms with E-state index in [4.69, 9.17) is 16.7 Å². The van der Waals surface area contributed by atoms with Crippen molar-refractivity contribution in [3.05, 3.63) is 70.2 Å². The van der Waals surface area contributed by atoms with E-state index in [1.165, 1.54) is 0 Å². The minimum Gasteiger partial charge on any atom is -0.481 e. The largest absolute Gasteiger partial charge is 0.481 e. The second-order valence-corrected chi connectivity index (χ2v) is 8.22. The fourth-order valence-corrected chi connectivity index (χ4v) is 3.17. The first kappa shape index (κ1) is 22.4. The Hall–Kier alpha value is -2.87. The molecule has 0 aliphatic rings. The van der Waals surface area contributed by atoms with Crippen LogP contribution in [-0.4, -0.2) is 21.8 Å². The summed E-state index contributed by atoms with van der Waals surface area (Å²) < 4.78 is 0. The molecule has 150 valence electrons. The molecule has 0 unspecified atom stereocenters. The number of carbonyl (C=O) groups is 1. The van der Waals surface area contributed by atoms with Crippen LogP contribution < -0.4 is 0 Å². The van der Waals surface area contributed by atoms with E-state index in [0.29, 0.717) is 10.6 Å². The van der Waals surface area contributed by atoms with E-state index in [-0.39, 0.29) is 6.42 Å². The maximum absolute atomic E-state index is 11.3. The van der Waals surface area contributed by atoms with Gasteiger partial charge in [-0.2, -0.15) is 5.26 Å². The summed E-state index contributed by atoms with van der Waals surface area (Å²) >= 11 is 6.04. The number of hydrogen-bond acceptors (Lipinski definition) is 3. The lowest BCUT2D eigenvalue weighted by Crippen LogP contribution is -2.10. The molecule has 0 aromatic heterocycles. The number of nitriles is 1. The summed E-state index contributed by atoms with van der Waals surface area (Å²) in [5.41, 5.74) is 3.20. The third-order valence-corrected chi connectivity index (χ3v) is 4.41. The number of aliphatic hydroxyl groups is 1. The molecule has 3 rings (SSSR count). The Morgan fingerprint density at radius 1 is 1.14 bits per heavy atom. The number of halogens is 1. The summed E-state index contributed by atoms with van der Waals surface area (Å²) in [5, 5.41) is 29.5. The van der Waals surface area contributed by atoms with E-state index in [2.05, 4.69) is 6.07 Å². The van der Waals surface area contributed by atoms with Crippen molar-refractivity contribution in [1.29, 1.82) is 5.26 Å². The molecule has 0 atom stereocenters. The Morgan fingerprint density at radius 3 is 2.34 bits per heavy atom. The number of nitrogens with zero attached hydrogens (tertiary/aromatic N) is 1. The number of hydrogen-bond donors (Lipinski definition) is 2. The van der Waals surface area contributed by atoms with Crippen molar-refractivity contribution in [3.8, 4) is 17.2 Å². The number of aryl methyl sites for hydroxylation is 1. The molecule has 0 spiro atoms. The quantitative estimate of drug-likeness (QED) is 0.577. The lowest BCUT2D eigenvalue weighted by molar-refractivity contribution is -0.136.